The highest BCUT2D eigenvalue weighted by Crippen LogP contribution is 2.29. The van der Waals surface area contributed by atoms with Gasteiger partial charge in [-0.1, -0.05) is 60.7 Å². The third kappa shape index (κ3) is 3.75. The van der Waals surface area contributed by atoms with Gasteiger partial charge in [-0.05, 0) is 29.8 Å². The number of carbonyl (C=O) groups excluding carboxylic acids is 1. The molecule has 0 saturated carbocycles. The first kappa shape index (κ1) is 19.2. The van der Waals surface area contributed by atoms with E-state index in [1.54, 1.807) is 6.07 Å². The van der Waals surface area contributed by atoms with Crippen molar-refractivity contribution in [2.24, 2.45) is 0 Å². The Morgan fingerprint density at radius 1 is 0.806 bits per heavy atom. The number of amides is 1. The maximum absolute atomic E-state index is 13.2. The Kier molecular flexibility index (Phi) is 5.08. The van der Waals surface area contributed by atoms with Crippen molar-refractivity contribution in [3.8, 4) is 17.0 Å². The van der Waals surface area contributed by atoms with Gasteiger partial charge in [0.05, 0.1) is 5.69 Å². The average molecular weight is 412 g/mol. The Morgan fingerprint density at radius 2 is 1.48 bits per heavy atom. The molecule has 0 radical (unpaired) electrons. The Morgan fingerprint density at radius 3 is 2.26 bits per heavy atom. The summed E-state index contributed by atoms with van der Waals surface area (Å²) in [6.07, 6.45) is 0. The van der Waals surface area contributed by atoms with Gasteiger partial charge in [-0.3, -0.25) is 4.79 Å². The topological polar surface area (TPSA) is 48.7 Å². The molecular formula is C26H25N3O2. The number of carbonyl (C=O) groups is 1. The van der Waals surface area contributed by atoms with Crippen molar-refractivity contribution in [2.45, 2.75) is 6.54 Å². The number of anilines is 1. The summed E-state index contributed by atoms with van der Waals surface area (Å²) < 4.78 is 2.13. The van der Waals surface area contributed by atoms with E-state index in [1.165, 1.54) is 0 Å². The zero-order chi connectivity index (χ0) is 21.2. The van der Waals surface area contributed by atoms with E-state index in [2.05, 4.69) is 39.8 Å². The van der Waals surface area contributed by atoms with Crippen LogP contribution in [0.4, 0.5) is 5.69 Å². The fourth-order valence-electron chi connectivity index (χ4n) is 4.39. The molecule has 5 heteroatoms. The number of aromatic hydroxyl groups is 1. The number of piperazine rings is 1. The number of nitrogens with zero attached hydrogens (tertiary/aromatic N) is 3. The standard InChI is InChI=1S/C26H25N3O2/c30-25-13-7-6-12-23(25)27-14-16-28(17-15-27)26(31)19-29-22-11-5-4-10-21(22)18-24(29)20-8-2-1-3-9-20/h1-13,18,30H,14-17,19H2. The van der Waals surface area contributed by atoms with Crippen molar-refractivity contribution in [3.05, 3.63) is 84.9 Å². The molecule has 0 atom stereocenters. The van der Waals surface area contributed by atoms with Gasteiger partial charge in [-0.2, -0.15) is 0 Å². The number of hydrogen-bond donors (Lipinski definition) is 1. The maximum atomic E-state index is 13.2. The predicted octanol–water partition coefficient (Wildman–Crippen LogP) is 4.36. The molecule has 1 aromatic heterocycles. The molecule has 5 rings (SSSR count). The zero-order valence-electron chi connectivity index (χ0n) is 17.3. The normalized spacial score (nSPS) is 14.2. The summed E-state index contributed by atoms with van der Waals surface area (Å²) in [5.74, 6) is 0.407. The number of phenolic OH excluding ortho intramolecular Hbond substituents is 1. The summed E-state index contributed by atoms with van der Waals surface area (Å²) >= 11 is 0. The number of para-hydroxylation sites is 3. The minimum atomic E-state index is 0.121. The van der Waals surface area contributed by atoms with Crippen LogP contribution in [0.25, 0.3) is 22.2 Å². The van der Waals surface area contributed by atoms with Gasteiger partial charge in [0.25, 0.3) is 0 Å². The summed E-state index contributed by atoms with van der Waals surface area (Å²) in [7, 11) is 0. The molecule has 1 fully saturated rings. The molecule has 1 aliphatic heterocycles. The van der Waals surface area contributed by atoms with Crippen LogP contribution in [0.2, 0.25) is 0 Å². The van der Waals surface area contributed by atoms with Crippen molar-refractivity contribution < 1.29 is 9.90 Å². The minimum absolute atomic E-state index is 0.121. The molecule has 156 valence electrons. The molecule has 3 aromatic carbocycles. The van der Waals surface area contributed by atoms with Crippen molar-refractivity contribution in [3.63, 3.8) is 0 Å². The van der Waals surface area contributed by atoms with Crippen LogP contribution in [-0.2, 0) is 11.3 Å². The number of hydrogen-bond acceptors (Lipinski definition) is 3. The van der Waals surface area contributed by atoms with E-state index in [9.17, 15) is 9.90 Å². The smallest absolute Gasteiger partial charge is 0.242 e. The Hall–Kier alpha value is -3.73. The van der Waals surface area contributed by atoms with E-state index in [0.29, 0.717) is 32.7 Å². The van der Waals surface area contributed by atoms with Gasteiger partial charge in [0, 0.05) is 42.8 Å². The second-order valence-corrected chi connectivity index (χ2v) is 7.90. The quantitative estimate of drug-likeness (QED) is 0.543. The van der Waals surface area contributed by atoms with Crippen molar-refractivity contribution in [2.75, 3.05) is 31.1 Å². The van der Waals surface area contributed by atoms with Gasteiger partial charge in [0.1, 0.15) is 12.3 Å². The Bertz CT molecular complexity index is 1210. The van der Waals surface area contributed by atoms with E-state index in [-0.39, 0.29) is 11.7 Å². The number of aromatic nitrogens is 1. The van der Waals surface area contributed by atoms with Crippen LogP contribution < -0.4 is 4.90 Å². The van der Waals surface area contributed by atoms with Gasteiger partial charge in [-0.15, -0.1) is 0 Å². The van der Waals surface area contributed by atoms with E-state index in [0.717, 1.165) is 27.8 Å². The summed E-state index contributed by atoms with van der Waals surface area (Å²) in [4.78, 5) is 17.3. The Balaban J connectivity index is 1.36. The molecule has 1 aliphatic rings. The zero-order valence-corrected chi connectivity index (χ0v) is 17.3. The SMILES string of the molecule is O=C(Cn1c(-c2ccccc2)cc2ccccc21)N1CCN(c2ccccc2O)CC1. The monoisotopic (exact) mass is 411 g/mol. The molecular weight excluding hydrogens is 386 g/mol. The van der Waals surface area contributed by atoms with E-state index >= 15 is 0 Å². The van der Waals surface area contributed by atoms with E-state index < -0.39 is 0 Å². The Labute approximate surface area is 181 Å². The summed E-state index contributed by atoms with van der Waals surface area (Å²) in [6.45, 7) is 3.02. The molecule has 4 aromatic rings. The average Bonchev–Trinajstić information content (AvgIpc) is 3.18. The molecule has 0 bridgehead atoms. The lowest BCUT2D eigenvalue weighted by Gasteiger charge is -2.36. The first-order valence-corrected chi connectivity index (χ1v) is 10.6. The molecule has 0 spiro atoms. The van der Waals surface area contributed by atoms with Gasteiger partial charge in [0.15, 0.2) is 0 Å². The number of rotatable bonds is 4. The van der Waals surface area contributed by atoms with E-state index in [4.69, 9.17) is 0 Å². The third-order valence-electron chi connectivity index (χ3n) is 6.03. The second kappa shape index (κ2) is 8.19. The highest BCUT2D eigenvalue weighted by molar-refractivity contribution is 5.89. The summed E-state index contributed by atoms with van der Waals surface area (Å²) in [6, 6.07) is 28.0. The number of fused-ring (bicyclic) bond motifs is 1. The first-order valence-electron chi connectivity index (χ1n) is 10.6. The van der Waals surface area contributed by atoms with Crippen LogP contribution in [0.1, 0.15) is 0 Å². The largest absolute Gasteiger partial charge is 0.506 e. The lowest BCUT2D eigenvalue weighted by Crippen LogP contribution is -2.49. The summed E-state index contributed by atoms with van der Waals surface area (Å²) in [5, 5.41) is 11.3. The van der Waals surface area contributed by atoms with Gasteiger partial charge in [-0.25, -0.2) is 0 Å². The molecule has 2 heterocycles. The lowest BCUT2D eigenvalue weighted by molar-refractivity contribution is -0.132. The van der Waals surface area contributed by atoms with Crippen LogP contribution in [-0.4, -0.2) is 46.7 Å². The first-order chi connectivity index (χ1) is 15.2. The number of benzene rings is 3. The fraction of sp³-hybridized carbons (Fsp3) is 0.192. The van der Waals surface area contributed by atoms with E-state index in [1.807, 2.05) is 53.4 Å². The fourth-order valence-corrected chi connectivity index (χ4v) is 4.39. The molecule has 0 aliphatic carbocycles. The lowest BCUT2D eigenvalue weighted by atomic mass is 10.1. The van der Waals surface area contributed by atoms with Gasteiger partial charge < -0.3 is 19.5 Å². The third-order valence-corrected chi connectivity index (χ3v) is 6.03. The van der Waals surface area contributed by atoms with Crippen LogP contribution in [0.15, 0.2) is 84.9 Å². The molecule has 0 unspecified atom stereocenters. The minimum Gasteiger partial charge on any atom is -0.506 e. The van der Waals surface area contributed by atoms with Crippen LogP contribution >= 0.6 is 0 Å². The van der Waals surface area contributed by atoms with Gasteiger partial charge >= 0.3 is 0 Å². The molecule has 1 N–H and O–H groups in total. The van der Waals surface area contributed by atoms with Crippen molar-refractivity contribution in [1.82, 2.24) is 9.47 Å². The highest BCUT2D eigenvalue weighted by atomic mass is 16.3. The second-order valence-electron chi connectivity index (χ2n) is 7.90. The number of phenols is 1. The molecule has 1 saturated heterocycles. The highest BCUT2D eigenvalue weighted by Gasteiger charge is 2.24. The van der Waals surface area contributed by atoms with Crippen molar-refractivity contribution in [1.29, 1.82) is 0 Å². The molecule has 1 amide bonds. The van der Waals surface area contributed by atoms with Crippen LogP contribution in [0.3, 0.4) is 0 Å². The molecule has 5 nitrogen and oxygen atoms in total. The van der Waals surface area contributed by atoms with Gasteiger partial charge in [0.2, 0.25) is 5.91 Å². The maximum Gasteiger partial charge on any atom is 0.242 e. The predicted molar refractivity (Wildman–Crippen MR) is 124 cm³/mol. The van der Waals surface area contributed by atoms with Crippen LogP contribution in [0, 0.1) is 0 Å². The summed E-state index contributed by atoms with van der Waals surface area (Å²) in [5.41, 5.74) is 4.07. The van der Waals surface area contributed by atoms with Crippen molar-refractivity contribution >= 4 is 22.5 Å². The molecule has 31 heavy (non-hydrogen) atoms. The van der Waals surface area contributed by atoms with Crippen LogP contribution in [0.5, 0.6) is 5.75 Å².